The van der Waals surface area contributed by atoms with Gasteiger partial charge in [-0.15, -0.1) is 0 Å². The van der Waals surface area contributed by atoms with Gasteiger partial charge in [0.05, 0.1) is 17.5 Å². The van der Waals surface area contributed by atoms with Gasteiger partial charge in [-0.3, -0.25) is 9.97 Å². The van der Waals surface area contributed by atoms with E-state index in [1.165, 1.54) is 12.3 Å². The van der Waals surface area contributed by atoms with Gasteiger partial charge in [0.2, 0.25) is 0 Å². The van der Waals surface area contributed by atoms with Crippen LogP contribution in [0.25, 0.3) is 0 Å². The zero-order valence-corrected chi connectivity index (χ0v) is 10.9. The highest BCUT2D eigenvalue weighted by Gasteiger charge is 2.12. The zero-order chi connectivity index (χ0) is 13.8. The summed E-state index contributed by atoms with van der Waals surface area (Å²) in [6, 6.07) is 5.51. The Balaban J connectivity index is 2.27. The van der Waals surface area contributed by atoms with Crippen molar-refractivity contribution in [3.05, 3.63) is 58.9 Å². The van der Waals surface area contributed by atoms with E-state index in [-0.39, 0.29) is 11.7 Å². The molecular weight excluding hydrogens is 241 g/mol. The Morgan fingerprint density at radius 1 is 1.42 bits per heavy atom. The van der Waals surface area contributed by atoms with Gasteiger partial charge in [0, 0.05) is 12.4 Å². The summed E-state index contributed by atoms with van der Waals surface area (Å²) in [6.07, 6.45) is 5.21. The van der Waals surface area contributed by atoms with Gasteiger partial charge in [-0.05, 0) is 42.5 Å². The topological polar surface area (TPSA) is 49.6 Å². The highest BCUT2D eigenvalue weighted by Crippen LogP contribution is 2.22. The minimum atomic E-state index is -0.337. The lowest BCUT2D eigenvalue weighted by molar-refractivity contribution is 0.613. The van der Waals surface area contributed by atoms with Crippen molar-refractivity contribution < 1.29 is 4.39 Å². The normalized spacial score (nSPS) is 11.9. The van der Waals surface area contributed by atoms with Crippen molar-refractivity contribution in [3.8, 4) is 6.07 Å². The number of nitrogens with zero attached hydrogens (tertiary/aromatic N) is 3. The highest BCUT2D eigenvalue weighted by atomic mass is 19.1. The van der Waals surface area contributed by atoms with Gasteiger partial charge >= 0.3 is 0 Å². The van der Waals surface area contributed by atoms with Gasteiger partial charge in [-0.2, -0.15) is 5.26 Å². The molecule has 3 nitrogen and oxygen atoms in total. The first-order valence-corrected chi connectivity index (χ1v) is 6.07. The Bertz CT molecular complexity index is 632. The van der Waals surface area contributed by atoms with Crippen molar-refractivity contribution in [3.63, 3.8) is 0 Å². The molecule has 0 N–H and O–H groups in total. The number of hydrogen-bond acceptors (Lipinski definition) is 3. The fraction of sp³-hybridized carbons (Fsp3) is 0.267. The molecule has 2 rings (SSSR count). The second kappa shape index (κ2) is 5.57. The molecule has 0 aliphatic heterocycles. The molecule has 0 bridgehead atoms. The third-order valence-corrected chi connectivity index (χ3v) is 3.16. The van der Waals surface area contributed by atoms with Crippen molar-refractivity contribution in [2.24, 2.45) is 0 Å². The fourth-order valence-corrected chi connectivity index (χ4v) is 2.09. The van der Waals surface area contributed by atoms with Crippen LogP contribution in [0, 0.1) is 24.1 Å². The smallest absolute Gasteiger partial charge is 0.141 e. The first-order valence-electron chi connectivity index (χ1n) is 6.07. The molecule has 2 aromatic heterocycles. The van der Waals surface area contributed by atoms with Crippen LogP contribution in [-0.2, 0) is 6.42 Å². The third-order valence-electron chi connectivity index (χ3n) is 3.16. The number of rotatable bonds is 3. The minimum absolute atomic E-state index is 0.0945. The molecule has 2 heterocycles. The van der Waals surface area contributed by atoms with Crippen LogP contribution in [0.2, 0.25) is 0 Å². The molecule has 19 heavy (non-hydrogen) atoms. The quantitative estimate of drug-likeness (QED) is 0.846. The molecule has 1 atom stereocenters. The summed E-state index contributed by atoms with van der Waals surface area (Å²) < 4.78 is 13.2. The first-order chi connectivity index (χ1) is 9.11. The van der Waals surface area contributed by atoms with E-state index < -0.39 is 0 Å². The summed E-state index contributed by atoms with van der Waals surface area (Å²) in [5.74, 6) is -0.243. The molecule has 0 saturated heterocycles. The lowest BCUT2D eigenvalue weighted by Crippen LogP contribution is -2.03. The largest absolute Gasteiger partial charge is 0.261 e. The molecule has 2 aromatic rings. The predicted octanol–water partition coefficient (Wildman–Crippen LogP) is 3.14. The summed E-state index contributed by atoms with van der Waals surface area (Å²) >= 11 is 0. The Morgan fingerprint density at radius 2 is 2.21 bits per heavy atom. The first kappa shape index (κ1) is 13.2. The maximum Gasteiger partial charge on any atom is 0.141 e. The predicted molar refractivity (Wildman–Crippen MR) is 70.0 cm³/mol. The molecule has 0 aliphatic carbocycles. The lowest BCUT2D eigenvalue weighted by atomic mass is 9.92. The van der Waals surface area contributed by atoms with Crippen LogP contribution in [0.1, 0.15) is 35.2 Å². The molecule has 0 saturated carbocycles. The van der Waals surface area contributed by atoms with Crippen LogP contribution >= 0.6 is 0 Å². The van der Waals surface area contributed by atoms with Crippen LogP contribution in [0.3, 0.4) is 0 Å². The van der Waals surface area contributed by atoms with Gasteiger partial charge in [0.25, 0.3) is 0 Å². The van der Waals surface area contributed by atoms with Crippen LogP contribution in [-0.4, -0.2) is 9.97 Å². The van der Waals surface area contributed by atoms with Crippen molar-refractivity contribution in [1.29, 1.82) is 5.26 Å². The zero-order valence-electron chi connectivity index (χ0n) is 10.9. The number of nitriles is 1. The van der Waals surface area contributed by atoms with E-state index in [1.807, 2.05) is 19.9 Å². The van der Waals surface area contributed by atoms with E-state index >= 15 is 0 Å². The van der Waals surface area contributed by atoms with E-state index in [2.05, 4.69) is 16.0 Å². The van der Waals surface area contributed by atoms with Crippen molar-refractivity contribution in [1.82, 2.24) is 9.97 Å². The summed E-state index contributed by atoms with van der Waals surface area (Å²) in [6.45, 7) is 3.81. The van der Waals surface area contributed by atoms with E-state index in [1.54, 1.807) is 12.4 Å². The van der Waals surface area contributed by atoms with Crippen LogP contribution < -0.4 is 0 Å². The number of halogens is 1. The van der Waals surface area contributed by atoms with E-state index in [0.717, 1.165) is 16.8 Å². The van der Waals surface area contributed by atoms with Gasteiger partial charge < -0.3 is 0 Å². The molecule has 4 heteroatoms. The molecule has 0 aromatic carbocycles. The van der Waals surface area contributed by atoms with Crippen molar-refractivity contribution >= 4 is 0 Å². The molecule has 0 amide bonds. The molecular formula is C15H14FN3. The Hall–Kier alpha value is -2.28. The highest BCUT2D eigenvalue weighted by molar-refractivity contribution is 5.41. The van der Waals surface area contributed by atoms with Gasteiger partial charge in [-0.25, -0.2) is 4.39 Å². The summed E-state index contributed by atoms with van der Waals surface area (Å²) in [5, 5.41) is 9.16. The third kappa shape index (κ3) is 2.94. The Morgan fingerprint density at radius 3 is 2.89 bits per heavy atom. The summed E-state index contributed by atoms with van der Waals surface area (Å²) in [5.41, 5.74) is 3.10. The standard InChI is InChI=1S/C15H14FN3/c1-10(13-6-14(16)9-18-8-13)5-12-3-4-19-11(2)15(12)7-17/h3-4,6,8-10H,5H2,1-2H3. The summed E-state index contributed by atoms with van der Waals surface area (Å²) in [4.78, 5) is 7.96. The van der Waals surface area contributed by atoms with Crippen LogP contribution in [0.15, 0.2) is 30.7 Å². The Kier molecular flexibility index (Phi) is 3.86. The number of aromatic nitrogens is 2. The average molecular weight is 255 g/mol. The van der Waals surface area contributed by atoms with Crippen LogP contribution in [0.5, 0.6) is 0 Å². The molecule has 0 radical (unpaired) electrons. The Labute approximate surface area is 111 Å². The van der Waals surface area contributed by atoms with E-state index in [4.69, 9.17) is 5.26 Å². The second-order valence-corrected chi connectivity index (χ2v) is 4.58. The maximum atomic E-state index is 13.2. The number of aryl methyl sites for hydroxylation is 1. The van der Waals surface area contributed by atoms with Gasteiger partial charge in [-0.1, -0.05) is 6.92 Å². The molecule has 0 aliphatic rings. The number of pyridine rings is 2. The average Bonchev–Trinajstić information content (AvgIpc) is 2.39. The van der Waals surface area contributed by atoms with Gasteiger partial charge in [0.15, 0.2) is 0 Å². The lowest BCUT2D eigenvalue weighted by Gasteiger charge is -2.13. The molecule has 1 unspecified atom stereocenters. The van der Waals surface area contributed by atoms with Crippen molar-refractivity contribution in [2.75, 3.05) is 0 Å². The fourth-order valence-electron chi connectivity index (χ4n) is 2.09. The second-order valence-electron chi connectivity index (χ2n) is 4.58. The summed E-state index contributed by atoms with van der Waals surface area (Å²) in [7, 11) is 0. The van der Waals surface area contributed by atoms with Crippen LogP contribution in [0.4, 0.5) is 4.39 Å². The molecule has 96 valence electrons. The van der Waals surface area contributed by atoms with Gasteiger partial charge in [0.1, 0.15) is 11.9 Å². The molecule has 0 spiro atoms. The maximum absolute atomic E-state index is 13.2. The van der Waals surface area contributed by atoms with E-state index in [0.29, 0.717) is 12.0 Å². The number of hydrogen-bond donors (Lipinski definition) is 0. The van der Waals surface area contributed by atoms with Crippen molar-refractivity contribution in [2.45, 2.75) is 26.2 Å². The SMILES string of the molecule is Cc1nccc(CC(C)c2cncc(F)c2)c1C#N. The molecule has 0 fully saturated rings. The van der Waals surface area contributed by atoms with E-state index in [9.17, 15) is 4.39 Å². The minimum Gasteiger partial charge on any atom is -0.261 e. The monoisotopic (exact) mass is 255 g/mol.